The van der Waals surface area contributed by atoms with Crippen molar-refractivity contribution >= 4 is 26.8 Å². The van der Waals surface area contributed by atoms with E-state index in [1.165, 1.54) is 26.3 Å². The first kappa shape index (κ1) is 21.6. The van der Waals surface area contributed by atoms with Crippen LogP contribution in [0, 0.1) is 5.92 Å². The summed E-state index contributed by atoms with van der Waals surface area (Å²) in [4.78, 5) is 0. The maximum absolute atomic E-state index is 11.8. The van der Waals surface area contributed by atoms with E-state index in [-0.39, 0.29) is 5.92 Å². The number of rotatable bonds is 8. The molecule has 0 bridgehead atoms. The largest absolute Gasteiger partial charge is 0.852 e. The lowest BCUT2D eigenvalue weighted by molar-refractivity contribution is -0.422. The summed E-state index contributed by atoms with van der Waals surface area (Å²) in [7, 11) is -10.8. The molecule has 0 heterocycles. The second kappa shape index (κ2) is 7.90. The van der Waals surface area contributed by atoms with Crippen LogP contribution in [-0.4, -0.2) is 46.8 Å². The summed E-state index contributed by atoms with van der Waals surface area (Å²) in [6.07, 6.45) is 2.08. The van der Waals surface area contributed by atoms with Crippen LogP contribution in [0.1, 0.15) is 20.8 Å². The maximum atomic E-state index is 11.8. The first-order valence-corrected chi connectivity index (χ1v) is 13.0. The molecule has 9 heteroatoms. The van der Waals surface area contributed by atoms with E-state index < -0.39 is 43.5 Å². The van der Waals surface area contributed by atoms with Crippen molar-refractivity contribution in [1.82, 2.24) is 0 Å². The van der Waals surface area contributed by atoms with E-state index in [1.807, 2.05) is 0 Å². The Morgan fingerprint density at radius 3 is 2.09 bits per heavy atom. The molecule has 0 N–H and O–H groups in total. The molecule has 6 nitrogen and oxygen atoms in total. The summed E-state index contributed by atoms with van der Waals surface area (Å²) in [5, 5.41) is 10.9. The number of hydrogen-bond acceptors (Lipinski definition) is 6. The molecule has 0 amide bonds. The van der Waals surface area contributed by atoms with Crippen LogP contribution in [0.25, 0.3) is 0 Å². The minimum absolute atomic E-state index is 0.262. The van der Waals surface area contributed by atoms with Gasteiger partial charge in [0, 0.05) is 5.41 Å². The van der Waals surface area contributed by atoms with Crippen molar-refractivity contribution in [3.63, 3.8) is 0 Å². The van der Waals surface area contributed by atoms with Gasteiger partial charge < -0.3 is 9.67 Å². The molecular formula is C13H24O6PS2-. The molecule has 0 radical (unpaired) electrons. The van der Waals surface area contributed by atoms with Crippen molar-refractivity contribution in [2.45, 2.75) is 26.9 Å². The van der Waals surface area contributed by atoms with Crippen LogP contribution in [0.5, 0.6) is 0 Å². The molecule has 2 unspecified atom stereocenters. The minimum Gasteiger partial charge on any atom is -0.852 e. The van der Waals surface area contributed by atoms with Gasteiger partial charge in [-0.3, -0.25) is 0 Å². The highest BCUT2D eigenvalue weighted by Gasteiger charge is 2.25. The SMILES string of the molecule is CC(/C=C/S(=O)(=O)CS(=O)(=O)CP(C)(C)=O)=C\C(C)C(C)[O-]. The summed E-state index contributed by atoms with van der Waals surface area (Å²) >= 11 is 0. The molecule has 0 fully saturated rings. The molecule has 2 atom stereocenters. The smallest absolute Gasteiger partial charge is 0.185 e. The van der Waals surface area contributed by atoms with Crippen LogP contribution in [0.2, 0.25) is 0 Å². The van der Waals surface area contributed by atoms with Gasteiger partial charge in [-0.15, -0.1) is 6.10 Å². The predicted octanol–water partition coefficient (Wildman–Crippen LogP) is 1.20. The van der Waals surface area contributed by atoms with Crippen molar-refractivity contribution in [2.75, 3.05) is 23.9 Å². The molecule has 0 rings (SSSR count). The maximum Gasteiger partial charge on any atom is 0.185 e. The molecule has 0 aromatic carbocycles. The van der Waals surface area contributed by atoms with Gasteiger partial charge in [0.1, 0.15) is 5.49 Å². The van der Waals surface area contributed by atoms with Crippen molar-refractivity contribution in [3.05, 3.63) is 23.1 Å². The lowest BCUT2D eigenvalue weighted by Crippen LogP contribution is -2.27. The quantitative estimate of drug-likeness (QED) is 0.468. The van der Waals surface area contributed by atoms with Crippen molar-refractivity contribution in [1.29, 1.82) is 0 Å². The van der Waals surface area contributed by atoms with Gasteiger partial charge >= 0.3 is 0 Å². The standard InChI is InChI=1S/C13H24O6PS2/c1-11(8-12(2)13(3)14)6-7-21(16,17)10-22(18,19)9-20(4,5)15/h6-8,12-13H,9-10H2,1-5H3/q-1/b7-6+,11-8+. The summed E-state index contributed by atoms with van der Waals surface area (Å²) in [5.74, 6) is -0.262. The van der Waals surface area contributed by atoms with Crippen LogP contribution in [0.3, 0.4) is 0 Å². The number of hydrogen-bond donors (Lipinski definition) is 0. The van der Waals surface area contributed by atoms with Crippen LogP contribution in [0.15, 0.2) is 23.1 Å². The Bertz CT molecular complexity index is 680. The van der Waals surface area contributed by atoms with E-state index in [1.54, 1.807) is 19.9 Å². The van der Waals surface area contributed by atoms with Crippen molar-refractivity contribution in [2.24, 2.45) is 5.92 Å². The summed E-state index contributed by atoms with van der Waals surface area (Å²) in [6, 6.07) is 0. The van der Waals surface area contributed by atoms with Gasteiger partial charge in [-0.2, -0.15) is 0 Å². The van der Waals surface area contributed by atoms with Gasteiger partial charge in [0.25, 0.3) is 0 Å². The highest BCUT2D eigenvalue weighted by Crippen LogP contribution is 2.37. The Morgan fingerprint density at radius 2 is 1.68 bits per heavy atom. The molecule has 0 saturated heterocycles. The molecule has 0 saturated carbocycles. The highest BCUT2D eigenvalue weighted by molar-refractivity contribution is 8.11. The lowest BCUT2D eigenvalue weighted by atomic mass is 10.0. The summed E-state index contributed by atoms with van der Waals surface area (Å²) in [6.45, 7) is 7.45. The number of sulfone groups is 2. The topological polar surface area (TPSA) is 108 Å². The lowest BCUT2D eigenvalue weighted by Gasteiger charge is -2.21. The normalized spacial score (nSPS) is 17.6. The fraction of sp³-hybridized carbons (Fsp3) is 0.692. The Balaban J connectivity index is 5.07. The Hall–Kier alpha value is -0.430. The van der Waals surface area contributed by atoms with E-state index in [2.05, 4.69) is 0 Å². The van der Waals surface area contributed by atoms with Crippen LogP contribution >= 0.6 is 7.14 Å². The Morgan fingerprint density at radius 1 is 1.18 bits per heavy atom. The molecule has 0 aliphatic carbocycles. The van der Waals surface area contributed by atoms with E-state index in [4.69, 9.17) is 0 Å². The summed E-state index contributed by atoms with van der Waals surface area (Å²) in [5.41, 5.74) is -0.0695. The van der Waals surface area contributed by atoms with Gasteiger partial charge in [0.15, 0.2) is 24.8 Å². The van der Waals surface area contributed by atoms with Crippen LogP contribution in [0.4, 0.5) is 0 Å². The van der Waals surface area contributed by atoms with E-state index >= 15 is 0 Å². The predicted molar refractivity (Wildman–Crippen MR) is 88.6 cm³/mol. The van der Waals surface area contributed by atoms with Gasteiger partial charge in [-0.05, 0) is 32.2 Å². The molecule has 0 aromatic rings. The second-order valence-electron chi connectivity index (χ2n) is 6.00. The summed E-state index contributed by atoms with van der Waals surface area (Å²) < 4.78 is 58.6. The molecule has 130 valence electrons. The monoisotopic (exact) mass is 371 g/mol. The fourth-order valence-electron chi connectivity index (χ4n) is 1.62. The zero-order valence-corrected chi connectivity index (χ0v) is 16.0. The molecule has 0 spiro atoms. The van der Waals surface area contributed by atoms with E-state index in [0.717, 1.165) is 5.41 Å². The first-order chi connectivity index (χ1) is 9.64. The molecule has 0 aliphatic heterocycles. The average molecular weight is 371 g/mol. The molecular weight excluding hydrogens is 347 g/mol. The number of allylic oxidation sites excluding steroid dienone is 2. The van der Waals surface area contributed by atoms with Crippen LogP contribution < -0.4 is 5.11 Å². The van der Waals surface area contributed by atoms with E-state index in [0.29, 0.717) is 5.57 Å². The van der Waals surface area contributed by atoms with Gasteiger partial charge in [-0.25, -0.2) is 16.8 Å². The van der Waals surface area contributed by atoms with Crippen molar-refractivity contribution < 1.29 is 26.5 Å². The Kier molecular flexibility index (Phi) is 7.75. The minimum atomic E-state index is -3.97. The second-order valence-corrected chi connectivity index (χ2v) is 14.2. The zero-order valence-electron chi connectivity index (χ0n) is 13.5. The third-order valence-electron chi connectivity index (χ3n) is 2.66. The molecule has 0 aliphatic rings. The third-order valence-corrected chi connectivity index (χ3v) is 10.0. The average Bonchev–Trinajstić information content (AvgIpc) is 2.21. The Labute approximate surface area is 133 Å². The van der Waals surface area contributed by atoms with E-state index in [9.17, 15) is 26.5 Å². The van der Waals surface area contributed by atoms with Gasteiger partial charge in [-0.1, -0.05) is 25.5 Å². The van der Waals surface area contributed by atoms with Gasteiger partial charge in [0.2, 0.25) is 0 Å². The van der Waals surface area contributed by atoms with Crippen molar-refractivity contribution in [3.8, 4) is 0 Å². The molecule has 0 aromatic heterocycles. The van der Waals surface area contributed by atoms with Crippen LogP contribution in [-0.2, 0) is 24.2 Å². The molecule has 22 heavy (non-hydrogen) atoms. The third kappa shape index (κ3) is 10.3. The fourth-order valence-corrected chi connectivity index (χ4v) is 9.11. The highest BCUT2D eigenvalue weighted by atomic mass is 32.3. The zero-order chi connectivity index (χ0) is 17.8. The first-order valence-electron chi connectivity index (χ1n) is 6.63. The van der Waals surface area contributed by atoms with Gasteiger partial charge in [0.05, 0.1) is 7.14 Å².